The molecule has 0 spiro atoms. The van der Waals surface area contributed by atoms with E-state index in [2.05, 4.69) is 26.5 Å². The summed E-state index contributed by atoms with van der Waals surface area (Å²) in [5, 5.41) is 14.7. The standard InChI is InChI=1S/C14H18N6OS/c1-3-4-17-14(11(7-15)13(16)21)18-5-6-22-8-12-10(2)19-9-20-12/h1,9,17-18H,4-6,8H2,2H3,(H2,16,21)(H,19,20)/b14-11-. The lowest BCUT2D eigenvalue weighted by atomic mass is 10.2. The average molecular weight is 318 g/mol. The van der Waals surface area contributed by atoms with Crippen LogP contribution in [0, 0.1) is 30.6 Å². The minimum atomic E-state index is -0.797. The molecule has 0 atom stereocenters. The number of carbonyl (C=O) groups excluding carboxylic acids is 1. The first-order chi connectivity index (χ1) is 10.6. The number of terminal acetylenes is 1. The number of aromatic nitrogens is 2. The fourth-order valence-corrected chi connectivity index (χ4v) is 2.44. The number of nitriles is 1. The molecule has 22 heavy (non-hydrogen) atoms. The van der Waals surface area contributed by atoms with Gasteiger partial charge in [0.05, 0.1) is 18.6 Å². The summed E-state index contributed by atoms with van der Waals surface area (Å²) in [6.07, 6.45) is 6.83. The fourth-order valence-electron chi connectivity index (χ4n) is 1.56. The van der Waals surface area contributed by atoms with Crippen LogP contribution in [0.25, 0.3) is 0 Å². The minimum Gasteiger partial charge on any atom is -0.370 e. The third-order valence-corrected chi connectivity index (χ3v) is 3.67. The summed E-state index contributed by atoms with van der Waals surface area (Å²) >= 11 is 1.68. The van der Waals surface area contributed by atoms with Crippen molar-refractivity contribution in [1.82, 2.24) is 20.6 Å². The second-order valence-corrected chi connectivity index (χ2v) is 5.34. The Hall–Kier alpha value is -2.58. The number of primary amides is 1. The number of hydrogen-bond donors (Lipinski definition) is 4. The van der Waals surface area contributed by atoms with Crippen molar-refractivity contribution in [2.75, 3.05) is 18.8 Å². The van der Waals surface area contributed by atoms with Gasteiger partial charge in [-0.3, -0.25) is 4.79 Å². The van der Waals surface area contributed by atoms with Crippen molar-refractivity contribution in [3.8, 4) is 18.4 Å². The van der Waals surface area contributed by atoms with Crippen LogP contribution in [-0.2, 0) is 10.5 Å². The number of nitrogens with zero attached hydrogens (tertiary/aromatic N) is 2. The summed E-state index contributed by atoms with van der Waals surface area (Å²) in [7, 11) is 0. The number of aromatic amines is 1. The van der Waals surface area contributed by atoms with Crippen molar-refractivity contribution < 1.29 is 4.79 Å². The Morgan fingerprint density at radius 1 is 1.59 bits per heavy atom. The molecule has 0 bridgehead atoms. The third kappa shape index (κ3) is 5.43. The summed E-state index contributed by atoms with van der Waals surface area (Å²) in [5.41, 5.74) is 7.07. The van der Waals surface area contributed by atoms with E-state index in [1.54, 1.807) is 24.2 Å². The number of aryl methyl sites for hydroxylation is 1. The first kappa shape index (κ1) is 17.5. The number of nitrogens with one attached hydrogen (secondary N) is 3. The molecule has 0 aliphatic carbocycles. The van der Waals surface area contributed by atoms with Gasteiger partial charge in [-0.15, -0.1) is 6.42 Å². The summed E-state index contributed by atoms with van der Waals surface area (Å²) < 4.78 is 0. The van der Waals surface area contributed by atoms with Crippen LogP contribution in [0.15, 0.2) is 17.7 Å². The Bertz CT molecular complexity index is 622. The van der Waals surface area contributed by atoms with Crippen molar-refractivity contribution in [3.63, 3.8) is 0 Å². The van der Waals surface area contributed by atoms with E-state index < -0.39 is 5.91 Å². The van der Waals surface area contributed by atoms with Crippen LogP contribution in [0.3, 0.4) is 0 Å². The maximum Gasteiger partial charge on any atom is 0.263 e. The maximum absolute atomic E-state index is 11.2. The number of H-pyrrole nitrogens is 1. The molecule has 7 nitrogen and oxygen atoms in total. The predicted molar refractivity (Wildman–Crippen MR) is 86.2 cm³/mol. The van der Waals surface area contributed by atoms with Crippen molar-refractivity contribution in [3.05, 3.63) is 29.1 Å². The summed E-state index contributed by atoms with van der Waals surface area (Å²) in [5.74, 6) is 3.41. The summed E-state index contributed by atoms with van der Waals surface area (Å²) in [4.78, 5) is 18.4. The second kappa shape index (κ2) is 9.37. The van der Waals surface area contributed by atoms with Crippen molar-refractivity contribution >= 4 is 17.7 Å². The molecule has 0 fully saturated rings. The highest BCUT2D eigenvalue weighted by molar-refractivity contribution is 7.98. The van der Waals surface area contributed by atoms with E-state index in [4.69, 9.17) is 17.4 Å². The second-order valence-electron chi connectivity index (χ2n) is 4.24. The topological polar surface area (TPSA) is 120 Å². The van der Waals surface area contributed by atoms with Crippen molar-refractivity contribution in [2.45, 2.75) is 12.7 Å². The van der Waals surface area contributed by atoms with Gasteiger partial charge in [0.1, 0.15) is 11.9 Å². The number of amides is 1. The Morgan fingerprint density at radius 3 is 2.91 bits per heavy atom. The predicted octanol–water partition coefficient (Wildman–Crippen LogP) is -0.0158. The number of thioether (sulfide) groups is 1. The molecule has 0 saturated heterocycles. The van der Waals surface area contributed by atoms with Gasteiger partial charge in [0.2, 0.25) is 0 Å². The first-order valence-electron chi connectivity index (χ1n) is 6.52. The molecular weight excluding hydrogens is 300 g/mol. The van der Waals surface area contributed by atoms with Crippen molar-refractivity contribution in [1.29, 1.82) is 5.26 Å². The highest BCUT2D eigenvalue weighted by atomic mass is 32.2. The number of nitrogens with two attached hydrogens (primary N) is 1. The Labute approximate surface area is 133 Å². The zero-order valence-corrected chi connectivity index (χ0v) is 13.1. The zero-order chi connectivity index (χ0) is 16.4. The molecule has 1 aromatic heterocycles. The molecule has 0 saturated carbocycles. The van der Waals surface area contributed by atoms with Gasteiger partial charge in [-0.05, 0) is 6.92 Å². The van der Waals surface area contributed by atoms with E-state index in [9.17, 15) is 4.79 Å². The SMILES string of the molecule is C#CCN/C(NCCSCc1nc[nH]c1C)=C(\C#N)C(N)=O. The normalized spacial score (nSPS) is 11.0. The van der Waals surface area contributed by atoms with Gasteiger partial charge < -0.3 is 21.4 Å². The Kier molecular flexibility index (Phi) is 7.44. The van der Waals surface area contributed by atoms with Crippen LogP contribution in [0.5, 0.6) is 0 Å². The van der Waals surface area contributed by atoms with Crippen LogP contribution in [0.1, 0.15) is 11.4 Å². The van der Waals surface area contributed by atoms with Crippen LogP contribution >= 0.6 is 11.8 Å². The smallest absolute Gasteiger partial charge is 0.263 e. The van der Waals surface area contributed by atoms with E-state index in [0.29, 0.717) is 6.54 Å². The molecule has 1 heterocycles. The Morgan fingerprint density at radius 2 is 2.36 bits per heavy atom. The molecule has 1 rings (SSSR count). The summed E-state index contributed by atoms with van der Waals surface area (Å²) in [6.45, 7) is 2.72. The van der Waals surface area contributed by atoms with Gasteiger partial charge >= 0.3 is 0 Å². The molecule has 8 heteroatoms. The van der Waals surface area contributed by atoms with Crippen molar-refractivity contribution in [2.24, 2.45) is 5.73 Å². The first-order valence-corrected chi connectivity index (χ1v) is 7.67. The maximum atomic E-state index is 11.2. The van der Waals surface area contributed by atoms with E-state index in [1.165, 1.54) is 0 Å². The highest BCUT2D eigenvalue weighted by Gasteiger charge is 2.11. The molecule has 0 aliphatic heterocycles. The average Bonchev–Trinajstić information content (AvgIpc) is 2.89. The summed E-state index contributed by atoms with van der Waals surface area (Å²) in [6, 6.07) is 1.77. The van der Waals surface area contributed by atoms with Crippen LogP contribution < -0.4 is 16.4 Å². The number of carbonyl (C=O) groups is 1. The highest BCUT2D eigenvalue weighted by Crippen LogP contribution is 2.11. The van der Waals surface area contributed by atoms with E-state index in [0.717, 1.165) is 22.9 Å². The molecule has 116 valence electrons. The lowest BCUT2D eigenvalue weighted by Crippen LogP contribution is -2.33. The van der Waals surface area contributed by atoms with Crippen LogP contribution in [0.2, 0.25) is 0 Å². The number of rotatable bonds is 9. The quantitative estimate of drug-likeness (QED) is 0.220. The molecule has 0 aliphatic rings. The van der Waals surface area contributed by atoms with E-state index >= 15 is 0 Å². The number of hydrogen-bond acceptors (Lipinski definition) is 6. The zero-order valence-electron chi connectivity index (χ0n) is 12.3. The van der Waals surface area contributed by atoms with Gasteiger partial charge in [0.25, 0.3) is 5.91 Å². The lowest BCUT2D eigenvalue weighted by molar-refractivity contribution is -0.114. The van der Waals surface area contributed by atoms with Gasteiger partial charge in [0, 0.05) is 23.7 Å². The monoisotopic (exact) mass is 318 g/mol. The molecule has 5 N–H and O–H groups in total. The number of imidazole rings is 1. The molecular formula is C14H18N6OS. The van der Waals surface area contributed by atoms with Gasteiger partial charge in [0.15, 0.2) is 5.57 Å². The molecule has 0 aromatic carbocycles. The van der Waals surface area contributed by atoms with Gasteiger partial charge in [-0.1, -0.05) is 5.92 Å². The lowest BCUT2D eigenvalue weighted by Gasteiger charge is -2.12. The fraction of sp³-hybridized carbons (Fsp3) is 0.357. The Balaban J connectivity index is 2.47. The van der Waals surface area contributed by atoms with Crippen LogP contribution in [-0.4, -0.2) is 34.7 Å². The van der Waals surface area contributed by atoms with Gasteiger partial charge in [-0.2, -0.15) is 17.0 Å². The molecule has 0 unspecified atom stereocenters. The molecule has 0 radical (unpaired) electrons. The van der Waals surface area contributed by atoms with E-state index in [1.807, 2.05) is 6.92 Å². The van der Waals surface area contributed by atoms with E-state index in [-0.39, 0.29) is 17.9 Å². The minimum absolute atomic E-state index is 0.164. The van der Waals surface area contributed by atoms with Crippen LogP contribution in [0.4, 0.5) is 0 Å². The third-order valence-electron chi connectivity index (χ3n) is 2.70. The van der Waals surface area contributed by atoms with Gasteiger partial charge in [-0.25, -0.2) is 4.98 Å². The largest absolute Gasteiger partial charge is 0.370 e. The molecule has 1 aromatic rings. The molecule has 1 amide bonds.